The third-order valence-corrected chi connectivity index (χ3v) is 5.31. The molecule has 0 unspecified atom stereocenters. The van der Waals surface area contributed by atoms with E-state index in [9.17, 15) is 4.79 Å². The summed E-state index contributed by atoms with van der Waals surface area (Å²) < 4.78 is 10.9. The van der Waals surface area contributed by atoms with E-state index in [0.717, 1.165) is 29.7 Å². The highest BCUT2D eigenvalue weighted by molar-refractivity contribution is 7.07. The Kier molecular flexibility index (Phi) is 6.68. The number of hydrogen-bond donors (Lipinski definition) is 1. The van der Waals surface area contributed by atoms with E-state index in [1.807, 2.05) is 36.6 Å². The second-order valence-corrected chi connectivity index (χ2v) is 7.58. The second kappa shape index (κ2) is 9.99. The molecular weight excluding hydrogens is 412 g/mol. The number of benzene rings is 2. The van der Waals surface area contributed by atoms with E-state index in [1.54, 1.807) is 29.8 Å². The standard InChI is InChI=1S/C23H22N4O3S/c1-2-21-26-23(30-27-21)18-5-3-16(4-6-18)11-12-24-22(28)17-7-9-20(10-8-17)29-13-19-14-31-15-25-19/h3-10,14-15H,2,11-13H2,1H3,(H,24,28). The summed E-state index contributed by atoms with van der Waals surface area (Å²) in [5, 5.41) is 8.81. The highest BCUT2D eigenvalue weighted by atomic mass is 32.1. The SMILES string of the molecule is CCc1noc(-c2ccc(CCNC(=O)c3ccc(OCc4cscn4)cc3)cc2)n1. The van der Waals surface area contributed by atoms with Crippen LogP contribution in [0.15, 0.2) is 63.9 Å². The average molecular weight is 435 g/mol. The van der Waals surface area contributed by atoms with Crippen molar-refractivity contribution in [2.24, 2.45) is 0 Å². The fourth-order valence-electron chi connectivity index (χ4n) is 2.92. The van der Waals surface area contributed by atoms with E-state index in [4.69, 9.17) is 9.26 Å². The van der Waals surface area contributed by atoms with Gasteiger partial charge in [-0.3, -0.25) is 4.79 Å². The van der Waals surface area contributed by atoms with Gasteiger partial charge in [-0.1, -0.05) is 24.2 Å². The summed E-state index contributed by atoms with van der Waals surface area (Å²) in [5.41, 5.74) is 5.26. The number of amides is 1. The van der Waals surface area contributed by atoms with E-state index in [1.165, 1.54) is 11.3 Å². The maximum Gasteiger partial charge on any atom is 0.257 e. The highest BCUT2D eigenvalue weighted by Crippen LogP contribution is 2.18. The summed E-state index contributed by atoms with van der Waals surface area (Å²) in [6, 6.07) is 15.0. The molecule has 4 aromatic rings. The minimum absolute atomic E-state index is 0.111. The monoisotopic (exact) mass is 434 g/mol. The van der Waals surface area contributed by atoms with E-state index < -0.39 is 0 Å². The molecule has 0 saturated carbocycles. The number of nitrogens with zero attached hydrogens (tertiary/aromatic N) is 3. The van der Waals surface area contributed by atoms with Crippen LogP contribution in [-0.4, -0.2) is 27.6 Å². The molecule has 0 saturated heterocycles. The van der Waals surface area contributed by atoms with Gasteiger partial charge < -0.3 is 14.6 Å². The Morgan fingerprint density at radius 2 is 1.94 bits per heavy atom. The molecule has 8 heteroatoms. The van der Waals surface area contributed by atoms with Gasteiger partial charge in [0.05, 0.1) is 11.2 Å². The van der Waals surface area contributed by atoms with E-state index in [-0.39, 0.29) is 5.91 Å². The number of nitrogens with one attached hydrogen (secondary N) is 1. The number of carbonyl (C=O) groups is 1. The largest absolute Gasteiger partial charge is 0.487 e. The van der Waals surface area contributed by atoms with E-state index in [0.29, 0.717) is 36.2 Å². The van der Waals surface area contributed by atoms with Gasteiger partial charge in [0.1, 0.15) is 12.4 Å². The third kappa shape index (κ3) is 5.55. The first kappa shape index (κ1) is 20.7. The van der Waals surface area contributed by atoms with Gasteiger partial charge in [0.15, 0.2) is 5.82 Å². The number of rotatable bonds is 9. The van der Waals surface area contributed by atoms with Crippen LogP contribution in [0.3, 0.4) is 0 Å². The molecule has 0 radical (unpaired) electrons. The zero-order chi connectivity index (χ0) is 21.5. The summed E-state index contributed by atoms with van der Waals surface area (Å²) in [7, 11) is 0. The van der Waals surface area contributed by atoms with Crippen molar-refractivity contribution in [2.45, 2.75) is 26.4 Å². The Labute approximate surface area is 184 Å². The number of aryl methyl sites for hydroxylation is 1. The number of carbonyl (C=O) groups excluding carboxylic acids is 1. The summed E-state index contributed by atoms with van der Waals surface area (Å²) in [6.07, 6.45) is 1.47. The number of thiazole rings is 1. The summed E-state index contributed by atoms with van der Waals surface area (Å²) in [5.74, 6) is 1.81. The molecule has 7 nitrogen and oxygen atoms in total. The summed E-state index contributed by atoms with van der Waals surface area (Å²) in [6.45, 7) is 2.94. The number of ether oxygens (including phenoxy) is 1. The van der Waals surface area contributed by atoms with Crippen LogP contribution in [0.2, 0.25) is 0 Å². The van der Waals surface area contributed by atoms with Crippen molar-refractivity contribution in [3.63, 3.8) is 0 Å². The number of aromatic nitrogens is 3. The van der Waals surface area contributed by atoms with Gasteiger partial charge in [0.2, 0.25) is 0 Å². The maximum atomic E-state index is 12.4. The Balaban J connectivity index is 1.24. The lowest BCUT2D eigenvalue weighted by atomic mass is 10.1. The number of hydrogen-bond acceptors (Lipinski definition) is 7. The molecule has 31 heavy (non-hydrogen) atoms. The molecule has 0 aliphatic carbocycles. The van der Waals surface area contributed by atoms with E-state index >= 15 is 0 Å². The third-order valence-electron chi connectivity index (χ3n) is 4.67. The molecule has 0 fully saturated rings. The minimum atomic E-state index is -0.111. The Hall–Kier alpha value is -3.52. The van der Waals surface area contributed by atoms with Gasteiger partial charge >= 0.3 is 0 Å². The van der Waals surface area contributed by atoms with Crippen LogP contribution in [0.4, 0.5) is 0 Å². The molecule has 4 rings (SSSR count). The molecule has 1 N–H and O–H groups in total. The molecule has 2 aromatic carbocycles. The fourth-order valence-corrected chi connectivity index (χ4v) is 3.46. The molecule has 0 aliphatic rings. The molecule has 1 amide bonds. The van der Waals surface area contributed by atoms with Crippen molar-refractivity contribution in [1.82, 2.24) is 20.4 Å². The van der Waals surface area contributed by atoms with Crippen molar-refractivity contribution in [3.05, 3.63) is 82.1 Å². The molecule has 0 atom stereocenters. The van der Waals surface area contributed by atoms with Crippen LogP contribution in [0.5, 0.6) is 5.75 Å². The Bertz CT molecular complexity index is 1110. The summed E-state index contributed by atoms with van der Waals surface area (Å²) >= 11 is 1.53. The lowest BCUT2D eigenvalue weighted by molar-refractivity contribution is 0.0954. The molecule has 158 valence electrons. The highest BCUT2D eigenvalue weighted by Gasteiger charge is 2.08. The quantitative estimate of drug-likeness (QED) is 0.422. The predicted octanol–water partition coefficient (Wildman–Crippen LogP) is 4.31. The van der Waals surface area contributed by atoms with Crippen LogP contribution in [0.1, 0.15) is 34.4 Å². The first-order valence-electron chi connectivity index (χ1n) is 10.0. The zero-order valence-electron chi connectivity index (χ0n) is 17.1. The van der Waals surface area contributed by atoms with E-state index in [2.05, 4.69) is 20.4 Å². The van der Waals surface area contributed by atoms with Crippen LogP contribution in [0.25, 0.3) is 11.5 Å². The van der Waals surface area contributed by atoms with Crippen LogP contribution in [-0.2, 0) is 19.4 Å². The van der Waals surface area contributed by atoms with Crippen molar-refractivity contribution >= 4 is 17.2 Å². The molecule has 2 aromatic heterocycles. The Morgan fingerprint density at radius 1 is 1.13 bits per heavy atom. The van der Waals surface area contributed by atoms with Crippen molar-refractivity contribution in [2.75, 3.05) is 6.54 Å². The molecule has 0 spiro atoms. The van der Waals surface area contributed by atoms with Gasteiger partial charge in [-0.2, -0.15) is 4.98 Å². The minimum Gasteiger partial charge on any atom is -0.487 e. The first-order valence-corrected chi connectivity index (χ1v) is 11.0. The molecular formula is C23H22N4O3S. The van der Waals surface area contributed by atoms with Crippen molar-refractivity contribution in [3.8, 4) is 17.2 Å². The average Bonchev–Trinajstić information content (AvgIpc) is 3.50. The van der Waals surface area contributed by atoms with Gasteiger partial charge in [0, 0.05) is 29.5 Å². The lowest BCUT2D eigenvalue weighted by Crippen LogP contribution is -2.25. The van der Waals surface area contributed by atoms with Crippen molar-refractivity contribution in [1.29, 1.82) is 0 Å². The van der Waals surface area contributed by atoms with Gasteiger partial charge in [0.25, 0.3) is 11.8 Å². The first-order chi connectivity index (χ1) is 15.2. The topological polar surface area (TPSA) is 90.1 Å². The predicted molar refractivity (Wildman–Crippen MR) is 118 cm³/mol. The molecule has 0 aliphatic heterocycles. The van der Waals surface area contributed by atoms with Crippen LogP contribution >= 0.6 is 11.3 Å². The zero-order valence-corrected chi connectivity index (χ0v) is 17.9. The Morgan fingerprint density at radius 3 is 2.61 bits per heavy atom. The molecule has 2 heterocycles. The van der Waals surface area contributed by atoms with Crippen LogP contribution in [0, 0.1) is 0 Å². The molecule has 0 bridgehead atoms. The lowest BCUT2D eigenvalue weighted by Gasteiger charge is -2.08. The van der Waals surface area contributed by atoms with Gasteiger partial charge in [-0.05, 0) is 48.4 Å². The van der Waals surface area contributed by atoms with Crippen molar-refractivity contribution < 1.29 is 14.1 Å². The normalized spacial score (nSPS) is 10.7. The fraction of sp³-hybridized carbons (Fsp3) is 0.217. The smallest absolute Gasteiger partial charge is 0.257 e. The van der Waals surface area contributed by atoms with Crippen LogP contribution < -0.4 is 10.1 Å². The maximum absolute atomic E-state index is 12.4. The van der Waals surface area contributed by atoms with Gasteiger partial charge in [-0.25, -0.2) is 4.98 Å². The second-order valence-electron chi connectivity index (χ2n) is 6.86. The summed E-state index contributed by atoms with van der Waals surface area (Å²) in [4.78, 5) is 20.9. The van der Waals surface area contributed by atoms with Gasteiger partial charge in [-0.15, -0.1) is 11.3 Å².